The summed E-state index contributed by atoms with van der Waals surface area (Å²) in [7, 11) is 1.58. The zero-order valence-electron chi connectivity index (χ0n) is 18.2. The lowest BCUT2D eigenvalue weighted by atomic mass is 9.83. The minimum atomic E-state index is -0.721. The van der Waals surface area contributed by atoms with Crippen LogP contribution in [0.1, 0.15) is 48.5 Å². The average molecular weight is 423 g/mol. The minimum absolute atomic E-state index is 0.185. The molecule has 1 spiro atoms. The van der Waals surface area contributed by atoms with E-state index < -0.39 is 11.8 Å². The normalized spacial score (nSPS) is 25.4. The molecule has 6 heteroatoms. The van der Waals surface area contributed by atoms with Crippen molar-refractivity contribution in [2.45, 2.75) is 50.9 Å². The second-order valence-electron chi connectivity index (χ2n) is 8.57. The molecular formula is C25H30N2O4. The van der Waals surface area contributed by atoms with E-state index in [2.05, 4.69) is 12.2 Å². The Kier molecular flexibility index (Phi) is 6.28. The van der Waals surface area contributed by atoms with E-state index in [1.165, 1.54) is 0 Å². The van der Waals surface area contributed by atoms with Gasteiger partial charge in [0, 0.05) is 12.1 Å². The van der Waals surface area contributed by atoms with E-state index in [4.69, 9.17) is 9.47 Å². The van der Waals surface area contributed by atoms with Crippen molar-refractivity contribution in [3.05, 3.63) is 65.7 Å². The third-order valence-corrected chi connectivity index (χ3v) is 6.46. The lowest BCUT2D eigenvalue weighted by Crippen LogP contribution is -2.56. The van der Waals surface area contributed by atoms with Crippen molar-refractivity contribution < 1.29 is 19.1 Å². The molecule has 31 heavy (non-hydrogen) atoms. The summed E-state index contributed by atoms with van der Waals surface area (Å²) >= 11 is 0. The number of hydrogen-bond donors (Lipinski definition) is 1. The van der Waals surface area contributed by atoms with E-state index in [9.17, 15) is 9.59 Å². The van der Waals surface area contributed by atoms with Crippen molar-refractivity contribution in [2.24, 2.45) is 5.92 Å². The molecule has 2 fully saturated rings. The number of benzene rings is 2. The largest absolute Gasteiger partial charge is 0.497 e. The Morgan fingerprint density at radius 3 is 2.58 bits per heavy atom. The smallest absolute Gasteiger partial charge is 0.257 e. The first-order valence-electron chi connectivity index (χ1n) is 11.0. The summed E-state index contributed by atoms with van der Waals surface area (Å²) in [4.78, 5) is 28.5. The topological polar surface area (TPSA) is 67.9 Å². The molecule has 0 aromatic heterocycles. The summed E-state index contributed by atoms with van der Waals surface area (Å²) in [5.41, 5.74) is 0.798. The molecule has 1 N–H and O–H groups in total. The highest BCUT2D eigenvalue weighted by atomic mass is 16.5. The van der Waals surface area contributed by atoms with Crippen molar-refractivity contribution in [3.8, 4) is 5.75 Å². The first-order valence-corrected chi connectivity index (χ1v) is 11.0. The molecule has 1 aliphatic heterocycles. The van der Waals surface area contributed by atoms with E-state index in [1.54, 1.807) is 36.3 Å². The number of rotatable bonds is 5. The molecule has 0 bridgehead atoms. The lowest BCUT2D eigenvalue weighted by molar-refractivity contribution is -0.128. The molecular weight excluding hydrogens is 392 g/mol. The van der Waals surface area contributed by atoms with E-state index in [1.807, 2.05) is 30.3 Å². The number of carbonyl (C=O) groups excluding carboxylic acids is 2. The van der Waals surface area contributed by atoms with E-state index >= 15 is 0 Å². The SMILES string of the molecule is COc1cccc(C(=O)N2C(C(=O)NCc3ccccc3)COC23CCC(C)CC3)c1. The highest BCUT2D eigenvalue weighted by molar-refractivity contribution is 5.98. The standard InChI is InChI=1S/C25H30N2O4/c1-18-11-13-25(14-12-18)27(24(29)20-9-6-10-21(15-20)30-2)22(17-31-25)23(28)26-16-19-7-4-3-5-8-19/h3-10,15,18,22H,11-14,16-17H2,1-2H3,(H,26,28). The monoisotopic (exact) mass is 422 g/mol. The van der Waals surface area contributed by atoms with Crippen LogP contribution in [0.2, 0.25) is 0 Å². The van der Waals surface area contributed by atoms with Crippen molar-refractivity contribution in [1.29, 1.82) is 0 Å². The van der Waals surface area contributed by atoms with Crippen LogP contribution < -0.4 is 10.1 Å². The lowest BCUT2D eigenvalue weighted by Gasteiger charge is -2.43. The van der Waals surface area contributed by atoms with Gasteiger partial charge in [0.05, 0.1) is 13.7 Å². The molecule has 1 heterocycles. The second-order valence-corrected chi connectivity index (χ2v) is 8.57. The van der Waals surface area contributed by atoms with Crippen molar-refractivity contribution >= 4 is 11.8 Å². The van der Waals surface area contributed by atoms with Gasteiger partial charge < -0.3 is 14.8 Å². The van der Waals surface area contributed by atoms with Crippen LogP contribution in [0.3, 0.4) is 0 Å². The molecule has 1 aliphatic carbocycles. The molecule has 4 rings (SSSR count). The second kappa shape index (κ2) is 9.10. The quantitative estimate of drug-likeness (QED) is 0.797. The van der Waals surface area contributed by atoms with Gasteiger partial charge in [-0.2, -0.15) is 0 Å². The van der Waals surface area contributed by atoms with Crippen LogP contribution in [0.5, 0.6) is 5.75 Å². The maximum Gasteiger partial charge on any atom is 0.257 e. The van der Waals surface area contributed by atoms with Gasteiger partial charge in [-0.1, -0.05) is 43.3 Å². The molecule has 1 saturated carbocycles. The van der Waals surface area contributed by atoms with Crippen LogP contribution in [0, 0.1) is 5.92 Å². The Labute approximate surface area is 183 Å². The van der Waals surface area contributed by atoms with Crippen LogP contribution in [-0.2, 0) is 16.1 Å². The molecule has 0 radical (unpaired) electrons. The molecule has 1 unspecified atom stereocenters. The Balaban J connectivity index is 1.59. The zero-order chi connectivity index (χ0) is 21.8. The van der Waals surface area contributed by atoms with Gasteiger partial charge in [-0.15, -0.1) is 0 Å². The van der Waals surface area contributed by atoms with Gasteiger partial charge in [0.1, 0.15) is 17.5 Å². The Morgan fingerprint density at radius 2 is 1.87 bits per heavy atom. The van der Waals surface area contributed by atoms with Crippen molar-refractivity contribution in [2.75, 3.05) is 13.7 Å². The van der Waals surface area contributed by atoms with Gasteiger partial charge >= 0.3 is 0 Å². The maximum atomic E-state index is 13.7. The summed E-state index contributed by atoms with van der Waals surface area (Å²) in [6, 6.07) is 16.2. The maximum absolute atomic E-state index is 13.7. The Hall–Kier alpha value is -2.86. The highest BCUT2D eigenvalue weighted by Crippen LogP contribution is 2.43. The predicted molar refractivity (Wildman–Crippen MR) is 118 cm³/mol. The van der Waals surface area contributed by atoms with Gasteiger partial charge in [-0.05, 0) is 55.4 Å². The summed E-state index contributed by atoms with van der Waals surface area (Å²) in [6.07, 6.45) is 3.43. The predicted octanol–water partition coefficient (Wildman–Crippen LogP) is 3.76. The van der Waals surface area contributed by atoms with Crippen molar-refractivity contribution in [3.63, 3.8) is 0 Å². The minimum Gasteiger partial charge on any atom is -0.497 e. The summed E-state index contributed by atoms with van der Waals surface area (Å²) < 4.78 is 11.5. The highest BCUT2D eigenvalue weighted by Gasteiger charge is 2.53. The first kappa shape index (κ1) is 21.4. The van der Waals surface area contributed by atoms with Gasteiger partial charge in [0.2, 0.25) is 5.91 Å². The fourth-order valence-corrected chi connectivity index (χ4v) is 4.58. The summed E-state index contributed by atoms with van der Waals surface area (Å²) in [6.45, 7) is 2.85. The number of nitrogens with one attached hydrogen (secondary N) is 1. The molecule has 2 aromatic carbocycles. The molecule has 2 aliphatic rings. The zero-order valence-corrected chi connectivity index (χ0v) is 18.2. The Morgan fingerprint density at radius 1 is 1.13 bits per heavy atom. The van der Waals surface area contributed by atoms with Gasteiger partial charge in [0.25, 0.3) is 5.91 Å². The fraction of sp³-hybridized carbons (Fsp3) is 0.440. The van der Waals surface area contributed by atoms with Crippen LogP contribution in [-0.4, -0.2) is 42.2 Å². The van der Waals surface area contributed by atoms with Crippen LogP contribution >= 0.6 is 0 Å². The summed E-state index contributed by atoms with van der Waals surface area (Å²) in [5.74, 6) is 0.831. The number of methoxy groups -OCH3 is 1. The molecule has 6 nitrogen and oxygen atoms in total. The van der Waals surface area contributed by atoms with Crippen LogP contribution in [0.4, 0.5) is 0 Å². The number of nitrogens with zero attached hydrogens (tertiary/aromatic N) is 1. The summed E-state index contributed by atoms with van der Waals surface area (Å²) in [5, 5.41) is 2.99. The van der Waals surface area contributed by atoms with Crippen LogP contribution in [0.15, 0.2) is 54.6 Å². The van der Waals surface area contributed by atoms with E-state index in [-0.39, 0.29) is 18.4 Å². The molecule has 2 amide bonds. The fourth-order valence-electron chi connectivity index (χ4n) is 4.58. The van der Waals surface area contributed by atoms with Crippen molar-refractivity contribution in [1.82, 2.24) is 10.2 Å². The van der Waals surface area contributed by atoms with Gasteiger partial charge in [-0.3, -0.25) is 14.5 Å². The Bertz CT molecular complexity index is 922. The number of hydrogen-bond acceptors (Lipinski definition) is 4. The average Bonchev–Trinajstić information content (AvgIpc) is 3.18. The van der Waals surface area contributed by atoms with E-state index in [0.29, 0.717) is 23.8 Å². The van der Waals surface area contributed by atoms with Gasteiger partial charge in [-0.25, -0.2) is 0 Å². The first-order chi connectivity index (χ1) is 15.0. The molecule has 2 aromatic rings. The van der Waals surface area contributed by atoms with Gasteiger partial charge in [0.15, 0.2) is 0 Å². The number of carbonyl (C=O) groups is 2. The number of amides is 2. The van der Waals surface area contributed by atoms with E-state index in [0.717, 1.165) is 31.2 Å². The molecule has 1 atom stereocenters. The molecule has 164 valence electrons. The van der Waals surface area contributed by atoms with Crippen LogP contribution in [0.25, 0.3) is 0 Å². The third-order valence-electron chi connectivity index (χ3n) is 6.46. The third kappa shape index (κ3) is 4.44. The molecule has 1 saturated heterocycles. The number of ether oxygens (including phenoxy) is 2.